The second kappa shape index (κ2) is 45.7. The van der Waals surface area contributed by atoms with E-state index in [1.165, 1.54) is 109 Å². The summed E-state index contributed by atoms with van der Waals surface area (Å²) >= 11 is 0. The normalized spacial score (nSPS) is 19.9. The van der Waals surface area contributed by atoms with E-state index < -0.39 is 59.8 Å². The third-order valence-electron chi connectivity index (χ3n) is 11.8. The van der Waals surface area contributed by atoms with Crippen LogP contribution < -0.4 is 0 Å². The van der Waals surface area contributed by atoms with E-state index in [9.17, 15) is 33.1 Å². The molecule has 0 aliphatic carbocycles. The number of esters is 1. The monoisotopic (exact) mass is 981 g/mol. The number of hydrogen-bond acceptors (Lipinski definition) is 11. The molecule has 1 heterocycles. The highest BCUT2D eigenvalue weighted by molar-refractivity contribution is 7.80. The van der Waals surface area contributed by atoms with Gasteiger partial charge in [-0.15, -0.1) is 0 Å². The molecular weight excluding hydrogens is 885 g/mol. The molecule has 12 nitrogen and oxygen atoms in total. The number of hydrogen-bond donors (Lipinski definition) is 4. The second-order valence-electron chi connectivity index (χ2n) is 18.1. The first kappa shape index (κ1) is 63.6. The molecule has 1 saturated heterocycles. The lowest BCUT2D eigenvalue weighted by Crippen LogP contribution is -2.60. The minimum Gasteiger partial charge on any atom is -0.457 e. The molecule has 0 radical (unpaired) electrons. The summed E-state index contributed by atoms with van der Waals surface area (Å²) < 4.78 is 59.3. The number of unbranched alkanes of at least 4 members (excludes halogenated alkanes) is 21. The highest BCUT2D eigenvalue weighted by Crippen LogP contribution is 2.26. The van der Waals surface area contributed by atoms with Crippen LogP contribution in [0.1, 0.15) is 206 Å². The van der Waals surface area contributed by atoms with E-state index in [1.807, 2.05) is 0 Å². The molecule has 1 aliphatic heterocycles. The van der Waals surface area contributed by atoms with E-state index in [0.29, 0.717) is 13.0 Å². The zero-order valence-electron chi connectivity index (χ0n) is 42.4. The maximum atomic E-state index is 12.9. The number of ether oxygens (including phenoxy) is 4. The molecule has 394 valence electrons. The van der Waals surface area contributed by atoms with E-state index in [2.05, 4.69) is 90.9 Å². The number of rotatable bonds is 46. The molecule has 1 fully saturated rings. The minimum atomic E-state index is -5.07. The Kier molecular flexibility index (Phi) is 42.7. The van der Waals surface area contributed by atoms with Crippen molar-refractivity contribution in [3.63, 3.8) is 0 Å². The van der Waals surface area contributed by atoms with Crippen LogP contribution in [0.4, 0.5) is 0 Å². The van der Waals surface area contributed by atoms with Gasteiger partial charge in [-0.2, -0.15) is 8.42 Å². The van der Waals surface area contributed by atoms with E-state index in [-0.39, 0.29) is 19.6 Å². The Morgan fingerprint density at radius 2 is 1.01 bits per heavy atom. The van der Waals surface area contributed by atoms with Crippen LogP contribution in [0, 0.1) is 0 Å². The second-order valence-corrected chi connectivity index (χ2v) is 19.1. The summed E-state index contributed by atoms with van der Waals surface area (Å²) in [5.74, 6) is -0.431. The lowest BCUT2D eigenvalue weighted by Gasteiger charge is -2.41. The first-order valence-corrected chi connectivity index (χ1v) is 28.1. The summed E-state index contributed by atoms with van der Waals surface area (Å²) in [6, 6.07) is 0. The van der Waals surface area contributed by atoms with Crippen molar-refractivity contribution in [2.24, 2.45) is 0 Å². The van der Waals surface area contributed by atoms with Gasteiger partial charge in [0.25, 0.3) is 0 Å². The first-order chi connectivity index (χ1) is 33.1. The summed E-state index contributed by atoms with van der Waals surface area (Å²) in [5.41, 5.74) is 0. The van der Waals surface area contributed by atoms with Gasteiger partial charge < -0.3 is 34.3 Å². The van der Waals surface area contributed by atoms with Crippen LogP contribution in [0.2, 0.25) is 0 Å². The molecule has 0 aromatic heterocycles. The predicted molar refractivity (Wildman–Crippen MR) is 276 cm³/mol. The third kappa shape index (κ3) is 38.3. The van der Waals surface area contributed by atoms with Crippen molar-refractivity contribution in [2.75, 3.05) is 26.4 Å². The standard InChI is InChI=1S/C55H96O12S/c1-3-5-7-9-11-13-15-17-19-21-23-24-25-27-29-31-33-35-37-39-41-43-45-63-47-49(48-64-55-53(59)54(67-68(60,61)62)52(58)50(46-56)66-55)65-51(57)44-42-40-38-36-34-32-30-28-26-22-20-18-16-14-12-10-8-6-4-2/h6,8,12,14,18,20-21,23,26,28,32,34,49-50,52-56,58-59H,3-5,7,9-11,13,15-17,19,22,24-25,27,29-31,33,35-48H2,1-2H3,(H,60,61,62)/b8-6-,14-12-,20-18-,23-21-,28-26-,34-32-. The van der Waals surface area contributed by atoms with Crippen LogP contribution in [0.3, 0.4) is 0 Å². The predicted octanol–water partition coefficient (Wildman–Crippen LogP) is 12.6. The zero-order valence-corrected chi connectivity index (χ0v) is 43.2. The molecule has 0 aromatic rings. The number of carbonyl (C=O) groups is 1. The van der Waals surface area contributed by atoms with Crippen LogP contribution in [0.25, 0.3) is 0 Å². The van der Waals surface area contributed by atoms with Gasteiger partial charge in [0.2, 0.25) is 0 Å². The van der Waals surface area contributed by atoms with Gasteiger partial charge in [0.15, 0.2) is 6.29 Å². The average Bonchev–Trinajstić information content (AvgIpc) is 3.31. The number of aliphatic hydroxyl groups excluding tert-OH is 3. The Morgan fingerprint density at radius 1 is 0.574 bits per heavy atom. The first-order valence-electron chi connectivity index (χ1n) is 26.7. The zero-order chi connectivity index (χ0) is 49.6. The molecule has 1 aliphatic rings. The van der Waals surface area contributed by atoms with Crippen LogP contribution in [0.15, 0.2) is 72.9 Å². The fourth-order valence-corrected chi connectivity index (χ4v) is 8.32. The molecule has 6 atom stereocenters. The van der Waals surface area contributed by atoms with E-state index in [1.54, 1.807) is 0 Å². The maximum absolute atomic E-state index is 12.9. The quantitative estimate of drug-likeness (QED) is 0.0197. The van der Waals surface area contributed by atoms with Gasteiger partial charge in [0.1, 0.15) is 30.5 Å². The molecule has 13 heteroatoms. The third-order valence-corrected chi connectivity index (χ3v) is 12.3. The van der Waals surface area contributed by atoms with Gasteiger partial charge >= 0.3 is 16.4 Å². The fourth-order valence-electron chi connectivity index (χ4n) is 7.81. The van der Waals surface area contributed by atoms with E-state index in [0.717, 1.165) is 70.6 Å². The summed E-state index contributed by atoms with van der Waals surface area (Å²) in [6.07, 6.45) is 50.8. The molecule has 0 amide bonds. The van der Waals surface area contributed by atoms with Crippen LogP contribution >= 0.6 is 0 Å². The maximum Gasteiger partial charge on any atom is 0.397 e. The van der Waals surface area contributed by atoms with Gasteiger partial charge in [0.05, 0.1) is 19.8 Å². The molecule has 0 bridgehead atoms. The fraction of sp³-hybridized carbons (Fsp3) is 0.764. The molecule has 0 saturated carbocycles. The van der Waals surface area contributed by atoms with Gasteiger partial charge in [-0.3, -0.25) is 9.35 Å². The molecule has 6 unspecified atom stereocenters. The summed E-state index contributed by atoms with van der Waals surface area (Å²) in [5, 5.41) is 30.8. The number of allylic oxidation sites excluding steroid dienone is 12. The lowest BCUT2D eigenvalue weighted by molar-refractivity contribution is -0.301. The van der Waals surface area contributed by atoms with Gasteiger partial charge in [-0.05, 0) is 83.5 Å². The van der Waals surface area contributed by atoms with Crippen molar-refractivity contribution in [1.82, 2.24) is 0 Å². The van der Waals surface area contributed by atoms with Crippen molar-refractivity contribution in [3.8, 4) is 0 Å². The van der Waals surface area contributed by atoms with Crippen LogP contribution in [0.5, 0.6) is 0 Å². The molecule has 0 spiro atoms. The Bertz CT molecular complexity index is 1460. The highest BCUT2D eigenvalue weighted by atomic mass is 32.3. The van der Waals surface area contributed by atoms with E-state index in [4.69, 9.17) is 18.9 Å². The van der Waals surface area contributed by atoms with Gasteiger partial charge in [0, 0.05) is 13.0 Å². The SMILES string of the molecule is CC/C=C\C/C=C\C/C=C\C/C=C\C/C=C\CCCCCC(=O)OC(COCCCCCCCCCCCC/C=C\CCCCCCCCCC)COC1OC(CO)C(O)C(OS(=O)(=O)O)C1O. The highest BCUT2D eigenvalue weighted by Gasteiger charge is 2.48. The Hall–Kier alpha value is -2.46. The van der Waals surface area contributed by atoms with Crippen molar-refractivity contribution >= 4 is 16.4 Å². The number of carbonyl (C=O) groups excluding carboxylic acids is 1. The Morgan fingerprint density at radius 3 is 1.50 bits per heavy atom. The smallest absolute Gasteiger partial charge is 0.397 e. The van der Waals surface area contributed by atoms with Crippen molar-refractivity contribution in [3.05, 3.63) is 72.9 Å². The Balaban J connectivity index is 2.37. The van der Waals surface area contributed by atoms with Gasteiger partial charge in [-0.1, -0.05) is 189 Å². The van der Waals surface area contributed by atoms with Crippen molar-refractivity contribution < 1.29 is 56.2 Å². The Labute approximate surface area is 413 Å². The van der Waals surface area contributed by atoms with Crippen LogP contribution in [-0.4, -0.2) is 97.5 Å². The largest absolute Gasteiger partial charge is 0.457 e. The summed E-state index contributed by atoms with van der Waals surface area (Å²) in [6.45, 7) is 3.84. The summed E-state index contributed by atoms with van der Waals surface area (Å²) in [4.78, 5) is 12.9. The average molecular weight is 981 g/mol. The molecule has 1 rings (SSSR count). The lowest BCUT2D eigenvalue weighted by atomic mass is 9.99. The minimum absolute atomic E-state index is 0.0185. The molecule has 4 N–H and O–H groups in total. The molecular formula is C55H96O12S. The molecule has 0 aromatic carbocycles. The number of aliphatic hydroxyl groups is 3. The molecule has 68 heavy (non-hydrogen) atoms. The summed E-state index contributed by atoms with van der Waals surface area (Å²) in [7, 11) is -5.07. The topological polar surface area (TPSA) is 178 Å². The van der Waals surface area contributed by atoms with Crippen molar-refractivity contribution in [2.45, 2.75) is 243 Å². The van der Waals surface area contributed by atoms with Gasteiger partial charge in [-0.25, -0.2) is 4.18 Å². The van der Waals surface area contributed by atoms with Crippen molar-refractivity contribution in [1.29, 1.82) is 0 Å². The van der Waals surface area contributed by atoms with Crippen LogP contribution in [-0.2, 0) is 38.3 Å². The van der Waals surface area contributed by atoms with E-state index >= 15 is 0 Å².